The molecule has 0 aromatic heterocycles. The Kier molecular flexibility index (Phi) is 3.91. The summed E-state index contributed by atoms with van der Waals surface area (Å²) in [5, 5.41) is 24.9. The Morgan fingerprint density at radius 2 is 2.00 bits per heavy atom. The first kappa shape index (κ1) is 7.98. The Labute approximate surface area is 48.0 Å². The van der Waals surface area contributed by atoms with E-state index >= 15 is 0 Å². The first-order chi connectivity index (χ1) is 3.72. The van der Waals surface area contributed by atoms with E-state index in [1.165, 1.54) is 0 Å². The van der Waals surface area contributed by atoms with Gasteiger partial charge in [-0.25, -0.2) is 0 Å². The first-order valence-electron chi connectivity index (χ1n) is 2.01. The minimum absolute atomic E-state index is 0.566. The van der Waals surface area contributed by atoms with Crippen LogP contribution < -0.4 is 0 Å². The smallest absolute Gasteiger partial charge is 0.190 e. The number of aliphatic hydroxyl groups is 3. The van der Waals surface area contributed by atoms with E-state index in [1.54, 1.807) is 0 Å². The Hall–Kier alpha value is -0.0200. The van der Waals surface area contributed by atoms with Crippen molar-refractivity contribution in [3.8, 4) is 0 Å². The van der Waals surface area contributed by atoms with Crippen LogP contribution in [-0.4, -0.2) is 33.9 Å². The first-order valence-corrected chi connectivity index (χ1v) is 2.90. The SMILES string of the molecule is O=PC(O)[C@@H](O)CO. The summed E-state index contributed by atoms with van der Waals surface area (Å²) in [6.07, 6.45) is -1.30. The van der Waals surface area contributed by atoms with Crippen LogP contribution in [0.1, 0.15) is 0 Å². The molecule has 0 spiro atoms. The fraction of sp³-hybridized carbons (Fsp3) is 1.00. The van der Waals surface area contributed by atoms with Crippen LogP contribution in [0.5, 0.6) is 0 Å². The molecular formula is C3H7O4P. The molecule has 0 radical (unpaired) electrons. The molecule has 0 heterocycles. The maximum atomic E-state index is 9.68. The zero-order valence-corrected chi connectivity index (χ0v) is 4.95. The molecule has 0 aliphatic heterocycles. The van der Waals surface area contributed by atoms with Crippen molar-refractivity contribution < 1.29 is 19.9 Å². The monoisotopic (exact) mass is 138 g/mol. The number of rotatable bonds is 3. The summed E-state index contributed by atoms with van der Waals surface area (Å²) in [6, 6.07) is 0. The van der Waals surface area contributed by atoms with Crippen molar-refractivity contribution in [1.82, 2.24) is 0 Å². The highest BCUT2D eigenvalue weighted by atomic mass is 31.1. The van der Waals surface area contributed by atoms with E-state index in [9.17, 15) is 4.57 Å². The zero-order valence-electron chi connectivity index (χ0n) is 4.06. The predicted molar refractivity (Wildman–Crippen MR) is 26.7 cm³/mol. The van der Waals surface area contributed by atoms with Crippen molar-refractivity contribution in [2.45, 2.75) is 11.9 Å². The van der Waals surface area contributed by atoms with Gasteiger partial charge in [0, 0.05) is 0 Å². The number of hydrogen-bond acceptors (Lipinski definition) is 4. The average Bonchev–Trinajstić information content (AvgIpc) is 1.84. The van der Waals surface area contributed by atoms with E-state index in [0.29, 0.717) is 0 Å². The molecule has 0 aromatic carbocycles. The molecule has 0 amide bonds. The fourth-order valence-electron chi connectivity index (χ4n) is 0.165. The van der Waals surface area contributed by atoms with Crippen molar-refractivity contribution in [3.63, 3.8) is 0 Å². The molecule has 1 unspecified atom stereocenters. The molecule has 0 rings (SSSR count). The minimum atomic E-state index is -1.36. The molecule has 4 nitrogen and oxygen atoms in total. The van der Waals surface area contributed by atoms with E-state index in [4.69, 9.17) is 15.3 Å². The fourth-order valence-corrected chi connectivity index (χ4v) is 0.399. The molecule has 8 heavy (non-hydrogen) atoms. The van der Waals surface area contributed by atoms with Crippen LogP contribution in [0.2, 0.25) is 0 Å². The summed E-state index contributed by atoms with van der Waals surface area (Å²) in [4.78, 5) is 0. The van der Waals surface area contributed by atoms with E-state index in [2.05, 4.69) is 0 Å². The van der Waals surface area contributed by atoms with Gasteiger partial charge >= 0.3 is 0 Å². The van der Waals surface area contributed by atoms with Gasteiger partial charge in [-0.3, -0.25) is 4.57 Å². The van der Waals surface area contributed by atoms with Gasteiger partial charge in [-0.1, -0.05) is 0 Å². The second-order valence-electron chi connectivity index (χ2n) is 1.27. The van der Waals surface area contributed by atoms with Gasteiger partial charge in [0.1, 0.15) is 6.10 Å². The third-order valence-electron chi connectivity index (χ3n) is 0.639. The Morgan fingerprint density at radius 1 is 1.50 bits per heavy atom. The van der Waals surface area contributed by atoms with Gasteiger partial charge < -0.3 is 15.3 Å². The molecular weight excluding hydrogens is 131 g/mol. The lowest BCUT2D eigenvalue weighted by Gasteiger charge is -2.05. The van der Waals surface area contributed by atoms with Crippen LogP contribution in [0.3, 0.4) is 0 Å². The van der Waals surface area contributed by atoms with E-state index in [1.807, 2.05) is 0 Å². The van der Waals surface area contributed by atoms with Crippen LogP contribution in [0.25, 0.3) is 0 Å². The van der Waals surface area contributed by atoms with Gasteiger partial charge in [-0.2, -0.15) is 0 Å². The van der Waals surface area contributed by atoms with Gasteiger partial charge in [0.2, 0.25) is 0 Å². The van der Waals surface area contributed by atoms with Gasteiger partial charge in [-0.15, -0.1) is 0 Å². The highest BCUT2D eigenvalue weighted by Crippen LogP contribution is 2.05. The Balaban J connectivity index is 3.44. The minimum Gasteiger partial charge on any atom is -0.394 e. The molecule has 5 heteroatoms. The second kappa shape index (κ2) is 3.92. The summed E-state index contributed by atoms with van der Waals surface area (Å²) in [5.41, 5.74) is 0. The lowest BCUT2D eigenvalue weighted by Crippen LogP contribution is -2.23. The van der Waals surface area contributed by atoms with Crippen molar-refractivity contribution >= 4 is 8.46 Å². The molecule has 0 aliphatic carbocycles. The summed E-state index contributed by atoms with van der Waals surface area (Å²) in [5.74, 6) is -1.36. The molecule has 0 saturated heterocycles. The second-order valence-corrected chi connectivity index (χ2v) is 2.01. The van der Waals surface area contributed by atoms with Crippen LogP contribution >= 0.6 is 8.46 Å². The van der Waals surface area contributed by atoms with E-state index < -0.39 is 27.0 Å². The highest BCUT2D eigenvalue weighted by Gasteiger charge is 2.13. The summed E-state index contributed by atoms with van der Waals surface area (Å²) in [6.45, 7) is -0.573. The zero-order chi connectivity index (χ0) is 6.57. The molecule has 0 aliphatic rings. The molecule has 3 N–H and O–H groups in total. The Morgan fingerprint density at radius 3 is 2.12 bits per heavy atom. The van der Waals surface area contributed by atoms with Gasteiger partial charge in [-0.05, 0) is 0 Å². The van der Waals surface area contributed by atoms with Gasteiger partial charge in [0.25, 0.3) is 0 Å². The third-order valence-corrected chi connectivity index (χ3v) is 1.20. The third kappa shape index (κ3) is 2.33. The summed E-state index contributed by atoms with van der Waals surface area (Å²) in [7, 11) is -0.566. The standard InChI is InChI=1S/C3H7O4P/c4-1-2(5)3(6)8-7/h2-6H,1H2/t2-,3?/m0/s1. The summed E-state index contributed by atoms with van der Waals surface area (Å²) < 4.78 is 9.68. The molecule has 48 valence electrons. The Bertz CT molecular complexity index is 75.7. The number of hydrogen-bond donors (Lipinski definition) is 3. The molecule has 0 aromatic rings. The van der Waals surface area contributed by atoms with E-state index in [0.717, 1.165) is 0 Å². The maximum absolute atomic E-state index is 9.68. The van der Waals surface area contributed by atoms with Gasteiger partial charge in [0.15, 0.2) is 14.3 Å². The quantitative estimate of drug-likeness (QED) is 0.435. The number of aliphatic hydroxyl groups excluding tert-OH is 3. The molecule has 0 saturated carbocycles. The average molecular weight is 138 g/mol. The van der Waals surface area contributed by atoms with Gasteiger partial charge in [0.05, 0.1) is 6.61 Å². The van der Waals surface area contributed by atoms with Crippen LogP contribution in [0.4, 0.5) is 0 Å². The highest BCUT2D eigenvalue weighted by molar-refractivity contribution is 7.24. The lowest BCUT2D eigenvalue weighted by atomic mass is 10.4. The topological polar surface area (TPSA) is 77.8 Å². The van der Waals surface area contributed by atoms with Crippen molar-refractivity contribution in [3.05, 3.63) is 0 Å². The molecule has 2 atom stereocenters. The molecule has 0 fully saturated rings. The van der Waals surface area contributed by atoms with Crippen molar-refractivity contribution in [2.24, 2.45) is 0 Å². The predicted octanol–water partition coefficient (Wildman–Crippen LogP) is -1.05. The molecule has 0 bridgehead atoms. The lowest BCUT2D eigenvalue weighted by molar-refractivity contribution is 0.0260. The summed E-state index contributed by atoms with van der Waals surface area (Å²) >= 11 is 0. The normalized spacial score (nSPS) is 18.4. The van der Waals surface area contributed by atoms with Crippen molar-refractivity contribution in [1.29, 1.82) is 0 Å². The maximum Gasteiger partial charge on any atom is 0.190 e. The van der Waals surface area contributed by atoms with Crippen LogP contribution in [0, 0.1) is 0 Å². The largest absolute Gasteiger partial charge is 0.394 e. The van der Waals surface area contributed by atoms with Crippen LogP contribution in [-0.2, 0) is 4.57 Å². The van der Waals surface area contributed by atoms with E-state index in [-0.39, 0.29) is 0 Å². The van der Waals surface area contributed by atoms with Crippen molar-refractivity contribution in [2.75, 3.05) is 6.61 Å². The van der Waals surface area contributed by atoms with Crippen LogP contribution in [0.15, 0.2) is 0 Å².